The van der Waals surface area contributed by atoms with Gasteiger partial charge in [-0.3, -0.25) is 9.69 Å². The maximum Gasteiger partial charge on any atom is 0.416 e. The minimum Gasteiger partial charge on any atom is -0.369 e. The number of hydrogen-bond donors (Lipinski definition) is 1. The second-order valence-electron chi connectivity index (χ2n) is 9.83. The first-order chi connectivity index (χ1) is 15.9. The Morgan fingerprint density at radius 3 is 2.45 bits per heavy atom. The largest absolute Gasteiger partial charge is 0.416 e. The summed E-state index contributed by atoms with van der Waals surface area (Å²) in [5.41, 5.74) is 1.06. The Balaban J connectivity index is 1.15. The maximum atomic E-state index is 13.0. The molecule has 1 saturated heterocycles. The van der Waals surface area contributed by atoms with Crippen LogP contribution in [-0.2, 0) is 11.0 Å². The number of hydrogen-bond acceptors (Lipinski definition) is 3. The monoisotopic (exact) mass is 463 g/mol. The molecule has 1 aromatic carbocycles. The average molecular weight is 464 g/mol. The van der Waals surface area contributed by atoms with Crippen LogP contribution in [0.2, 0.25) is 0 Å². The molecule has 2 aliphatic carbocycles. The number of nitrogens with one attached hydrogen (secondary N) is 1. The van der Waals surface area contributed by atoms with Crippen LogP contribution >= 0.6 is 0 Å². The van der Waals surface area contributed by atoms with E-state index in [9.17, 15) is 18.0 Å². The highest BCUT2D eigenvalue weighted by atomic mass is 19.4. The first-order valence-electron chi connectivity index (χ1n) is 12.5. The van der Waals surface area contributed by atoms with Crippen molar-refractivity contribution in [3.05, 3.63) is 41.5 Å². The first-order valence-corrected chi connectivity index (χ1v) is 12.5. The molecule has 182 valence electrons. The van der Waals surface area contributed by atoms with Crippen LogP contribution in [0.5, 0.6) is 0 Å². The van der Waals surface area contributed by atoms with Gasteiger partial charge in [-0.2, -0.15) is 13.2 Å². The number of halogens is 3. The van der Waals surface area contributed by atoms with Crippen molar-refractivity contribution < 1.29 is 18.0 Å². The van der Waals surface area contributed by atoms with Crippen molar-refractivity contribution in [2.24, 2.45) is 5.92 Å². The first kappa shape index (κ1) is 24.1. The second kappa shape index (κ2) is 10.9. The van der Waals surface area contributed by atoms with E-state index in [1.165, 1.54) is 18.6 Å². The quantitative estimate of drug-likeness (QED) is 0.614. The van der Waals surface area contributed by atoms with Crippen molar-refractivity contribution in [3.63, 3.8) is 0 Å². The highest BCUT2D eigenvalue weighted by Gasteiger charge is 2.31. The predicted molar refractivity (Wildman–Crippen MR) is 125 cm³/mol. The lowest BCUT2D eigenvalue weighted by Gasteiger charge is -2.37. The van der Waals surface area contributed by atoms with Gasteiger partial charge in [0.15, 0.2) is 0 Å². The molecule has 0 radical (unpaired) electrons. The standard InChI is InChI=1S/C26H36F3N3O/c27-26(28,29)22-7-4-8-24(19-22)32-17-15-31(16-18-32)14-13-20-9-11-23(12-10-20)30-25(33)21-5-2-1-3-6-21/h4-5,7-8,19-20,23H,1-3,6,9-18H2,(H,30,33)/t20-,23-. The van der Waals surface area contributed by atoms with Crippen LogP contribution in [0.3, 0.4) is 0 Å². The van der Waals surface area contributed by atoms with Crippen LogP contribution in [0.15, 0.2) is 35.9 Å². The van der Waals surface area contributed by atoms with Crippen LogP contribution in [0.1, 0.15) is 63.4 Å². The van der Waals surface area contributed by atoms with Gasteiger partial charge in [-0.15, -0.1) is 0 Å². The Morgan fingerprint density at radius 2 is 1.79 bits per heavy atom. The summed E-state index contributed by atoms with van der Waals surface area (Å²) in [6.45, 7) is 4.34. The van der Waals surface area contributed by atoms with E-state index in [4.69, 9.17) is 0 Å². The molecule has 4 rings (SSSR count). The third kappa shape index (κ3) is 6.75. The third-order valence-electron chi connectivity index (χ3n) is 7.53. The SMILES string of the molecule is O=C(N[C@H]1CC[C@H](CCN2CCN(c3cccc(C(F)(F)F)c3)CC2)CC1)C1=CCCCC1. The number of carbonyl (C=O) groups is 1. The van der Waals surface area contributed by atoms with E-state index in [-0.39, 0.29) is 5.91 Å². The molecule has 1 N–H and O–H groups in total. The van der Waals surface area contributed by atoms with Gasteiger partial charge in [0.05, 0.1) is 5.56 Å². The molecule has 4 nitrogen and oxygen atoms in total. The van der Waals surface area contributed by atoms with Crippen LogP contribution < -0.4 is 10.2 Å². The van der Waals surface area contributed by atoms with E-state index in [0.29, 0.717) is 17.6 Å². The lowest BCUT2D eigenvalue weighted by molar-refractivity contribution is -0.137. The molecule has 0 spiro atoms. The van der Waals surface area contributed by atoms with Gasteiger partial charge in [0.2, 0.25) is 5.91 Å². The van der Waals surface area contributed by atoms with Crippen molar-refractivity contribution in [1.29, 1.82) is 0 Å². The van der Waals surface area contributed by atoms with Gasteiger partial charge in [-0.25, -0.2) is 0 Å². The number of allylic oxidation sites excluding steroid dienone is 1. The number of alkyl halides is 3. The number of anilines is 1. The molecule has 0 atom stereocenters. The zero-order valence-corrected chi connectivity index (χ0v) is 19.4. The van der Waals surface area contributed by atoms with E-state index in [1.54, 1.807) is 6.07 Å². The zero-order chi connectivity index (χ0) is 23.3. The van der Waals surface area contributed by atoms with Crippen molar-refractivity contribution in [3.8, 4) is 0 Å². The smallest absolute Gasteiger partial charge is 0.369 e. The Hall–Kier alpha value is -2.02. The molecule has 2 fully saturated rings. The molecule has 0 aromatic heterocycles. The van der Waals surface area contributed by atoms with Crippen molar-refractivity contribution >= 4 is 11.6 Å². The highest BCUT2D eigenvalue weighted by molar-refractivity contribution is 5.93. The zero-order valence-electron chi connectivity index (χ0n) is 19.4. The summed E-state index contributed by atoms with van der Waals surface area (Å²) in [6.07, 6.45) is 7.69. The third-order valence-corrected chi connectivity index (χ3v) is 7.53. The molecule has 1 saturated carbocycles. The fourth-order valence-corrected chi connectivity index (χ4v) is 5.39. The normalized spacial score (nSPS) is 24.9. The van der Waals surface area contributed by atoms with Gasteiger partial charge in [-0.05, 0) is 88.4 Å². The van der Waals surface area contributed by atoms with Gasteiger partial charge in [0.1, 0.15) is 0 Å². The topological polar surface area (TPSA) is 35.6 Å². The Morgan fingerprint density at radius 1 is 1.03 bits per heavy atom. The van der Waals surface area contributed by atoms with Crippen LogP contribution in [0, 0.1) is 5.92 Å². The minimum absolute atomic E-state index is 0.150. The molecule has 33 heavy (non-hydrogen) atoms. The summed E-state index contributed by atoms with van der Waals surface area (Å²) >= 11 is 0. The molecule has 1 amide bonds. The van der Waals surface area contributed by atoms with Crippen molar-refractivity contribution in [2.75, 3.05) is 37.6 Å². The van der Waals surface area contributed by atoms with Gasteiger partial charge in [-0.1, -0.05) is 12.1 Å². The van der Waals surface area contributed by atoms with E-state index in [0.717, 1.165) is 95.7 Å². The van der Waals surface area contributed by atoms with E-state index < -0.39 is 11.7 Å². The van der Waals surface area contributed by atoms with Gasteiger partial charge in [0, 0.05) is 43.5 Å². The molecular formula is C26H36F3N3O. The molecule has 1 aromatic rings. The molecular weight excluding hydrogens is 427 g/mol. The lowest BCUT2D eigenvalue weighted by Crippen LogP contribution is -2.47. The fourth-order valence-electron chi connectivity index (χ4n) is 5.39. The number of carbonyl (C=O) groups excluding carboxylic acids is 1. The summed E-state index contributed by atoms with van der Waals surface area (Å²) in [5.74, 6) is 0.852. The summed E-state index contributed by atoms with van der Waals surface area (Å²) < 4.78 is 39.0. The van der Waals surface area contributed by atoms with Crippen LogP contribution in [0.25, 0.3) is 0 Å². The number of piperazine rings is 1. The molecule has 0 unspecified atom stereocenters. The summed E-state index contributed by atoms with van der Waals surface area (Å²) in [4.78, 5) is 16.9. The number of benzene rings is 1. The average Bonchev–Trinajstić information content (AvgIpc) is 2.84. The Kier molecular flexibility index (Phi) is 7.99. The van der Waals surface area contributed by atoms with Crippen molar-refractivity contribution in [1.82, 2.24) is 10.2 Å². The molecule has 7 heteroatoms. The van der Waals surface area contributed by atoms with E-state index >= 15 is 0 Å². The summed E-state index contributed by atoms with van der Waals surface area (Å²) in [7, 11) is 0. The van der Waals surface area contributed by atoms with Gasteiger partial charge < -0.3 is 10.2 Å². The van der Waals surface area contributed by atoms with Crippen molar-refractivity contribution in [2.45, 2.75) is 70.0 Å². The van der Waals surface area contributed by atoms with E-state index in [1.807, 2.05) is 0 Å². The van der Waals surface area contributed by atoms with Crippen LogP contribution in [0.4, 0.5) is 18.9 Å². The van der Waals surface area contributed by atoms with Gasteiger partial charge >= 0.3 is 6.18 Å². The minimum atomic E-state index is -4.30. The Bertz CT molecular complexity index is 822. The molecule has 1 heterocycles. The van der Waals surface area contributed by atoms with Gasteiger partial charge in [0.25, 0.3) is 0 Å². The number of nitrogens with zero attached hydrogens (tertiary/aromatic N) is 2. The number of rotatable bonds is 6. The maximum absolute atomic E-state index is 13.0. The highest BCUT2D eigenvalue weighted by Crippen LogP contribution is 2.32. The van der Waals surface area contributed by atoms with Crippen LogP contribution in [-0.4, -0.2) is 49.6 Å². The fraction of sp³-hybridized carbons (Fsp3) is 0.654. The summed E-state index contributed by atoms with van der Waals surface area (Å²) in [6, 6.07) is 5.97. The molecule has 0 bridgehead atoms. The molecule has 3 aliphatic rings. The Labute approximate surface area is 195 Å². The predicted octanol–water partition coefficient (Wildman–Crippen LogP) is 5.39. The van der Waals surface area contributed by atoms with E-state index in [2.05, 4.69) is 21.2 Å². The second-order valence-corrected chi connectivity index (χ2v) is 9.83. The summed E-state index contributed by atoms with van der Waals surface area (Å²) in [5, 5.41) is 3.25. The molecule has 1 aliphatic heterocycles. The lowest BCUT2D eigenvalue weighted by atomic mass is 9.83. The number of amides is 1.